The maximum atomic E-state index is 11.3. The van der Waals surface area contributed by atoms with Gasteiger partial charge in [0.1, 0.15) is 0 Å². The molecule has 1 aromatic carbocycles. The molecule has 0 aliphatic carbocycles. The summed E-state index contributed by atoms with van der Waals surface area (Å²) in [5.74, 6) is 0.0327. The summed E-state index contributed by atoms with van der Waals surface area (Å²) in [5.41, 5.74) is 8.34. The van der Waals surface area contributed by atoms with Crippen molar-refractivity contribution >= 4 is 11.7 Å². The number of carbonyl (C=O) groups is 1. The number of carbonyl (C=O) groups excluding carboxylic acids is 1. The monoisotopic (exact) mass is 233 g/mol. The number of hydrogen-bond acceptors (Lipinski definition) is 3. The van der Waals surface area contributed by atoms with Gasteiger partial charge in [-0.2, -0.15) is 0 Å². The van der Waals surface area contributed by atoms with Crippen molar-refractivity contribution in [1.82, 2.24) is 0 Å². The molecule has 3 heteroatoms. The number of benzene rings is 1. The zero-order valence-corrected chi connectivity index (χ0v) is 10.6. The van der Waals surface area contributed by atoms with Crippen molar-refractivity contribution in [1.29, 1.82) is 0 Å². The topological polar surface area (TPSA) is 52.3 Å². The summed E-state index contributed by atoms with van der Waals surface area (Å²) in [6, 6.07) is 7.87. The molecule has 1 aromatic rings. The van der Waals surface area contributed by atoms with Crippen LogP contribution >= 0.6 is 0 Å². The van der Waals surface area contributed by atoms with Gasteiger partial charge in [-0.25, -0.2) is 4.79 Å². The molecule has 0 fully saturated rings. The Balaban J connectivity index is 2.92. The Morgan fingerprint density at radius 3 is 2.76 bits per heavy atom. The van der Waals surface area contributed by atoms with Gasteiger partial charge in [-0.3, -0.25) is 0 Å². The molecule has 0 heterocycles. The number of rotatable bonds is 4. The maximum absolute atomic E-state index is 11.3. The number of hydrogen-bond donors (Lipinski definition) is 1. The van der Waals surface area contributed by atoms with Crippen LogP contribution in [-0.4, -0.2) is 12.6 Å². The first kappa shape index (κ1) is 13.3. The summed E-state index contributed by atoms with van der Waals surface area (Å²) in [6.45, 7) is 6.35. The molecular weight excluding hydrogens is 214 g/mol. The van der Waals surface area contributed by atoms with Crippen LogP contribution in [-0.2, 0) is 9.53 Å². The summed E-state index contributed by atoms with van der Waals surface area (Å²) < 4.78 is 4.82. The molecule has 17 heavy (non-hydrogen) atoms. The van der Waals surface area contributed by atoms with Gasteiger partial charge in [-0.1, -0.05) is 32.0 Å². The lowest BCUT2D eigenvalue weighted by Gasteiger charge is -2.08. The Kier molecular flexibility index (Phi) is 4.76. The van der Waals surface area contributed by atoms with E-state index in [1.165, 1.54) is 11.6 Å². The third-order valence-corrected chi connectivity index (χ3v) is 2.45. The lowest BCUT2D eigenvalue weighted by molar-refractivity contribution is -0.137. The molecule has 0 spiro atoms. The van der Waals surface area contributed by atoms with E-state index in [2.05, 4.69) is 13.8 Å². The number of nitrogens with two attached hydrogens (primary N) is 1. The first-order valence-electron chi connectivity index (χ1n) is 5.78. The molecular formula is C14H19NO2. The fourth-order valence-corrected chi connectivity index (χ4v) is 1.47. The highest BCUT2D eigenvalue weighted by molar-refractivity contribution is 5.90. The molecule has 0 saturated carbocycles. The summed E-state index contributed by atoms with van der Waals surface area (Å²) in [5, 5.41) is 0. The molecule has 3 nitrogen and oxygen atoms in total. The van der Waals surface area contributed by atoms with Gasteiger partial charge in [-0.05, 0) is 30.0 Å². The van der Waals surface area contributed by atoms with Crippen LogP contribution in [0.4, 0.5) is 0 Å². The third kappa shape index (κ3) is 3.94. The first-order chi connectivity index (χ1) is 8.04. The SMILES string of the molecule is CCOC(=O)/C=C(\N)c1cccc(C(C)C)c1. The van der Waals surface area contributed by atoms with Crippen molar-refractivity contribution in [2.75, 3.05) is 6.61 Å². The zero-order valence-electron chi connectivity index (χ0n) is 10.6. The zero-order chi connectivity index (χ0) is 12.8. The molecule has 2 N–H and O–H groups in total. The van der Waals surface area contributed by atoms with E-state index in [0.29, 0.717) is 18.2 Å². The van der Waals surface area contributed by atoms with Crippen molar-refractivity contribution in [3.05, 3.63) is 41.5 Å². The minimum Gasteiger partial charge on any atom is -0.463 e. The van der Waals surface area contributed by atoms with E-state index in [1.807, 2.05) is 24.3 Å². The molecule has 0 amide bonds. The number of ether oxygens (including phenoxy) is 1. The molecule has 0 aromatic heterocycles. The fourth-order valence-electron chi connectivity index (χ4n) is 1.47. The highest BCUT2D eigenvalue weighted by atomic mass is 16.5. The Labute approximate surface area is 102 Å². The van der Waals surface area contributed by atoms with Crippen molar-refractivity contribution in [2.45, 2.75) is 26.7 Å². The second-order valence-corrected chi connectivity index (χ2v) is 4.13. The van der Waals surface area contributed by atoms with E-state index in [9.17, 15) is 4.79 Å². The maximum Gasteiger partial charge on any atom is 0.332 e. The second kappa shape index (κ2) is 6.09. The van der Waals surface area contributed by atoms with Gasteiger partial charge < -0.3 is 10.5 Å². The average Bonchev–Trinajstić information content (AvgIpc) is 2.29. The lowest BCUT2D eigenvalue weighted by atomic mass is 10.00. The van der Waals surface area contributed by atoms with Crippen molar-refractivity contribution in [3.63, 3.8) is 0 Å². The van der Waals surface area contributed by atoms with Crippen LogP contribution in [0.5, 0.6) is 0 Å². The molecule has 92 valence electrons. The van der Waals surface area contributed by atoms with Crippen LogP contribution in [0, 0.1) is 0 Å². The molecule has 0 unspecified atom stereocenters. The largest absolute Gasteiger partial charge is 0.463 e. The van der Waals surface area contributed by atoms with E-state index >= 15 is 0 Å². The van der Waals surface area contributed by atoms with Gasteiger partial charge in [0, 0.05) is 11.8 Å². The van der Waals surface area contributed by atoms with Crippen LogP contribution in [0.15, 0.2) is 30.3 Å². The predicted octanol–water partition coefficient (Wildman–Crippen LogP) is 2.67. The molecule has 0 aliphatic heterocycles. The molecule has 0 atom stereocenters. The Morgan fingerprint density at radius 2 is 2.18 bits per heavy atom. The van der Waals surface area contributed by atoms with Crippen LogP contribution in [0.25, 0.3) is 5.70 Å². The molecule has 0 saturated heterocycles. The summed E-state index contributed by atoms with van der Waals surface area (Å²) in [4.78, 5) is 11.3. The molecule has 0 bridgehead atoms. The van der Waals surface area contributed by atoms with Crippen molar-refractivity contribution in [2.24, 2.45) is 5.73 Å². The quantitative estimate of drug-likeness (QED) is 0.642. The van der Waals surface area contributed by atoms with Gasteiger partial charge in [0.2, 0.25) is 0 Å². The lowest BCUT2D eigenvalue weighted by Crippen LogP contribution is -2.05. The van der Waals surface area contributed by atoms with Crippen LogP contribution in [0.1, 0.15) is 37.8 Å². The normalized spacial score (nSPS) is 11.6. The van der Waals surface area contributed by atoms with Crippen LogP contribution in [0.3, 0.4) is 0 Å². The minimum atomic E-state index is -0.403. The predicted molar refractivity (Wildman–Crippen MR) is 69.3 cm³/mol. The molecule has 0 radical (unpaired) electrons. The standard InChI is InChI=1S/C14H19NO2/c1-4-17-14(16)9-13(15)12-7-5-6-11(8-12)10(2)3/h5-10H,4,15H2,1-3H3/b13-9-. The summed E-state index contributed by atoms with van der Waals surface area (Å²) >= 11 is 0. The smallest absolute Gasteiger partial charge is 0.332 e. The van der Waals surface area contributed by atoms with Crippen LogP contribution < -0.4 is 5.73 Å². The summed E-state index contributed by atoms with van der Waals surface area (Å²) in [6.07, 6.45) is 1.32. The van der Waals surface area contributed by atoms with Gasteiger partial charge in [0.15, 0.2) is 0 Å². The number of esters is 1. The van der Waals surface area contributed by atoms with Crippen molar-refractivity contribution < 1.29 is 9.53 Å². The van der Waals surface area contributed by atoms with Gasteiger partial charge in [0.05, 0.1) is 6.61 Å². The van der Waals surface area contributed by atoms with Crippen molar-refractivity contribution in [3.8, 4) is 0 Å². The summed E-state index contributed by atoms with van der Waals surface area (Å²) in [7, 11) is 0. The van der Waals surface area contributed by atoms with E-state index in [0.717, 1.165) is 5.56 Å². The van der Waals surface area contributed by atoms with E-state index in [1.54, 1.807) is 6.92 Å². The highest BCUT2D eigenvalue weighted by Crippen LogP contribution is 2.18. The Bertz CT molecular complexity index is 422. The average molecular weight is 233 g/mol. The molecule has 1 rings (SSSR count). The van der Waals surface area contributed by atoms with Gasteiger partial charge in [0.25, 0.3) is 0 Å². The van der Waals surface area contributed by atoms with E-state index < -0.39 is 5.97 Å². The molecule has 0 aliphatic rings. The fraction of sp³-hybridized carbons (Fsp3) is 0.357. The Morgan fingerprint density at radius 1 is 1.47 bits per heavy atom. The van der Waals surface area contributed by atoms with E-state index in [4.69, 9.17) is 10.5 Å². The van der Waals surface area contributed by atoms with Gasteiger partial charge >= 0.3 is 5.97 Å². The highest BCUT2D eigenvalue weighted by Gasteiger charge is 2.04. The third-order valence-electron chi connectivity index (χ3n) is 2.45. The van der Waals surface area contributed by atoms with Gasteiger partial charge in [-0.15, -0.1) is 0 Å². The Hall–Kier alpha value is -1.77. The minimum absolute atomic E-state index is 0.356. The van der Waals surface area contributed by atoms with Crippen LogP contribution in [0.2, 0.25) is 0 Å². The van der Waals surface area contributed by atoms with E-state index in [-0.39, 0.29) is 0 Å². The first-order valence-corrected chi connectivity index (χ1v) is 5.78. The second-order valence-electron chi connectivity index (χ2n) is 4.13.